The van der Waals surface area contributed by atoms with Gasteiger partial charge in [0.2, 0.25) is 11.8 Å². The maximum absolute atomic E-state index is 12.3. The van der Waals surface area contributed by atoms with Gasteiger partial charge in [0.1, 0.15) is 11.4 Å². The molecule has 4 rings (SSSR count). The van der Waals surface area contributed by atoms with Gasteiger partial charge in [-0.05, 0) is 45.0 Å². The monoisotopic (exact) mass is 778 g/mol. The predicted molar refractivity (Wildman–Crippen MR) is 190 cm³/mol. The van der Waals surface area contributed by atoms with Crippen LogP contribution >= 0.6 is 46.6 Å². The molecule has 0 atom stereocenters. The van der Waals surface area contributed by atoms with E-state index in [9.17, 15) is 19.2 Å². The summed E-state index contributed by atoms with van der Waals surface area (Å²) in [5.41, 5.74) is 2.67. The van der Waals surface area contributed by atoms with Crippen molar-refractivity contribution in [3.05, 3.63) is 71.8 Å². The molecular formula is C30H34Cl3KN8O4S2. The first-order chi connectivity index (χ1) is 22.4. The van der Waals surface area contributed by atoms with E-state index in [1.807, 2.05) is 26.0 Å². The van der Waals surface area contributed by atoms with E-state index >= 15 is 0 Å². The molecule has 0 N–H and O–H groups in total. The number of alkyl halides is 1. The molecule has 0 aliphatic carbocycles. The van der Waals surface area contributed by atoms with Crippen LogP contribution in [0, 0.1) is 0 Å². The van der Waals surface area contributed by atoms with E-state index in [-0.39, 0.29) is 102 Å². The van der Waals surface area contributed by atoms with Crippen LogP contribution in [0.2, 0.25) is 10.3 Å². The molecule has 12 nitrogen and oxygen atoms in total. The van der Waals surface area contributed by atoms with Crippen molar-refractivity contribution in [2.75, 3.05) is 34.5 Å². The van der Waals surface area contributed by atoms with Crippen LogP contribution in [0.3, 0.4) is 0 Å². The molecule has 252 valence electrons. The standard InChI is InChI=1S/C15H17ClN4O2S.C13H14Cl2N4O.C2H4OS.K/c1-3-19(14(22)6-8-23-11(2)21)13-10-20(18-15(13)16)12-5-4-7-17-9-12;1-2-18(12(20)5-6-14)11-9-19(17-13(11)15)10-4-3-7-16-8-10;1-2(3)4;/h4-5,7,9-10H,3,6,8H2,1-2H3;3-4,7-9H,2,5-6H2,1H3;1H3,(H,3,4);/q;;;+1/p-1. The SMILES string of the molecule is CC(=O)[S-].CCN(C(=O)CCCl)c1cn(-c2cccnc2)nc1Cl.CCN(C(=O)CCSC(C)=O)c1cn(-c2cccnc2)nc1Cl.[K+]. The Morgan fingerprint density at radius 1 is 0.812 bits per heavy atom. The predicted octanol–water partition coefficient (Wildman–Crippen LogP) is 2.93. The summed E-state index contributed by atoms with van der Waals surface area (Å²) in [6.07, 6.45) is 10.6. The van der Waals surface area contributed by atoms with Crippen molar-refractivity contribution in [3.8, 4) is 11.4 Å². The van der Waals surface area contributed by atoms with Gasteiger partial charge in [0, 0.05) is 62.0 Å². The Labute approximate surface area is 347 Å². The summed E-state index contributed by atoms with van der Waals surface area (Å²) in [7, 11) is 0. The van der Waals surface area contributed by atoms with Gasteiger partial charge in [-0.3, -0.25) is 24.4 Å². The minimum absolute atomic E-state index is 0. The van der Waals surface area contributed by atoms with Gasteiger partial charge in [-0.25, -0.2) is 9.36 Å². The molecular weight excluding hydrogens is 746 g/mol. The van der Waals surface area contributed by atoms with Crippen LogP contribution in [0.1, 0.15) is 40.5 Å². The minimum Gasteiger partial charge on any atom is -0.742 e. The Morgan fingerprint density at radius 2 is 1.23 bits per heavy atom. The Balaban J connectivity index is 0.000000427. The molecule has 4 aromatic rings. The summed E-state index contributed by atoms with van der Waals surface area (Å²) in [4.78, 5) is 55.8. The van der Waals surface area contributed by atoms with Crippen molar-refractivity contribution in [1.29, 1.82) is 0 Å². The molecule has 0 unspecified atom stereocenters. The Morgan fingerprint density at radius 3 is 1.56 bits per heavy atom. The first-order valence-corrected chi connectivity index (χ1v) is 16.9. The number of thioether (sulfide) groups is 1. The van der Waals surface area contributed by atoms with Crippen LogP contribution in [0.25, 0.3) is 11.4 Å². The zero-order valence-electron chi connectivity index (χ0n) is 27.2. The molecule has 0 aliphatic rings. The van der Waals surface area contributed by atoms with Gasteiger partial charge in [0.25, 0.3) is 0 Å². The average molecular weight is 780 g/mol. The molecule has 4 aromatic heterocycles. The number of anilines is 2. The zero-order valence-corrected chi connectivity index (χ0v) is 34.2. The molecule has 0 bridgehead atoms. The van der Waals surface area contributed by atoms with Crippen molar-refractivity contribution in [3.63, 3.8) is 0 Å². The summed E-state index contributed by atoms with van der Waals surface area (Å²) in [6.45, 7) is 7.56. The van der Waals surface area contributed by atoms with Crippen LogP contribution in [-0.2, 0) is 31.8 Å². The van der Waals surface area contributed by atoms with Crippen LogP contribution in [0.15, 0.2) is 61.4 Å². The van der Waals surface area contributed by atoms with E-state index in [1.54, 1.807) is 68.5 Å². The first-order valence-electron chi connectivity index (χ1n) is 14.2. The van der Waals surface area contributed by atoms with Crippen LogP contribution < -0.4 is 61.2 Å². The van der Waals surface area contributed by atoms with Crippen LogP contribution in [-0.4, -0.2) is 76.3 Å². The number of carbonyl (C=O) groups is 4. The molecule has 18 heteroatoms. The van der Waals surface area contributed by atoms with Gasteiger partial charge in [0.05, 0.1) is 36.2 Å². The average Bonchev–Trinajstić information content (AvgIpc) is 3.61. The van der Waals surface area contributed by atoms with Crippen LogP contribution in [0.5, 0.6) is 0 Å². The number of halogens is 3. The summed E-state index contributed by atoms with van der Waals surface area (Å²) in [5.74, 6) is 0.576. The second kappa shape index (κ2) is 23.5. The van der Waals surface area contributed by atoms with E-state index < -0.39 is 0 Å². The second-order valence-electron chi connectivity index (χ2n) is 9.22. The van der Waals surface area contributed by atoms with Gasteiger partial charge < -0.3 is 27.2 Å². The summed E-state index contributed by atoms with van der Waals surface area (Å²) in [5, 5.41) is 8.72. The quantitative estimate of drug-likeness (QED) is 0.127. The van der Waals surface area contributed by atoms with Crippen molar-refractivity contribution < 1.29 is 70.6 Å². The fourth-order valence-electron chi connectivity index (χ4n) is 3.89. The number of amides is 2. The number of hydrogen-bond acceptors (Lipinski definition) is 10. The Bertz CT molecular complexity index is 1610. The molecule has 4 heterocycles. The Kier molecular flexibility index (Phi) is 21.6. The van der Waals surface area contributed by atoms with Crippen molar-refractivity contribution >= 4 is 92.6 Å². The third-order valence-electron chi connectivity index (χ3n) is 5.87. The number of aromatic nitrogens is 6. The molecule has 48 heavy (non-hydrogen) atoms. The van der Waals surface area contributed by atoms with Gasteiger partial charge in [-0.15, -0.1) is 11.6 Å². The van der Waals surface area contributed by atoms with Crippen molar-refractivity contribution in [2.24, 2.45) is 0 Å². The third kappa shape index (κ3) is 14.5. The number of pyridine rings is 2. The van der Waals surface area contributed by atoms with E-state index in [0.717, 1.165) is 23.1 Å². The molecule has 2 amide bonds. The van der Waals surface area contributed by atoms with Crippen molar-refractivity contribution in [2.45, 2.75) is 40.5 Å². The van der Waals surface area contributed by atoms with Crippen LogP contribution in [0.4, 0.5) is 11.4 Å². The maximum Gasteiger partial charge on any atom is 1.00 e. The molecule has 0 saturated heterocycles. The first kappa shape index (κ1) is 44.1. The van der Waals surface area contributed by atoms with E-state index in [0.29, 0.717) is 30.2 Å². The molecule has 0 spiro atoms. The topological polar surface area (TPSA) is 136 Å². The summed E-state index contributed by atoms with van der Waals surface area (Å²) in [6, 6.07) is 7.31. The van der Waals surface area contributed by atoms with Gasteiger partial charge in [-0.2, -0.15) is 10.2 Å². The fourth-order valence-corrected chi connectivity index (χ4v) is 5.08. The van der Waals surface area contributed by atoms with Gasteiger partial charge >= 0.3 is 51.4 Å². The normalized spacial score (nSPS) is 9.98. The number of rotatable bonds is 11. The molecule has 0 aromatic carbocycles. The minimum atomic E-state index is -0.250. The summed E-state index contributed by atoms with van der Waals surface area (Å²) >= 11 is 23.1. The number of carbonyl (C=O) groups excluding carboxylic acids is 4. The van der Waals surface area contributed by atoms with E-state index in [1.165, 1.54) is 13.8 Å². The Hall–Kier alpha value is -1.92. The third-order valence-corrected chi connectivity index (χ3v) is 7.41. The number of hydrogen-bond donors (Lipinski definition) is 0. The molecule has 0 aliphatic heterocycles. The molecule has 0 radical (unpaired) electrons. The largest absolute Gasteiger partial charge is 1.00 e. The van der Waals surface area contributed by atoms with Gasteiger partial charge in [-0.1, -0.05) is 35.0 Å². The fraction of sp³-hybridized carbons (Fsp3) is 0.333. The number of nitrogens with zero attached hydrogens (tertiary/aromatic N) is 8. The zero-order chi connectivity index (χ0) is 34.9. The van der Waals surface area contributed by atoms with E-state index in [2.05, 4.69) is 32.8 Å². The van der Waals surface area contributed by atoms with Gasteiger partial charge in [0.15, 0.2) is 15.4 Å². The summed E-state index contributed by atoms with van der Waals surface area (Å²) < 4.78 is 3.19. The van der Waals surface area contributed by atoms with Crippen molar-refractivity contribution in [1.82, 2.24) is 29.5 Å². The smallest absolute Gasteiger partial charge is 0.742 e. The molecule has 0 saturated carbocycles. The van der Waals surface area contributed by atoms with E-state index in [4.69, 9.17) is 34.8 Å². The molecule has 0 fully saturated rings. The second-order valence-corrected chi connectivity index (χ2v) is 12.2. The maximum atomic E-state index is 12.3.